The molecule has 10 nitrogen and oxygen atoms in total. The Morgan fingerprint density at radius 1 is 0.618 bits per heavy atom. The van der Waals surface area contributed by atoms with E-state index in [1.807, 2.05) is 33.3 Å². The van der Waals surface area contributed by atoms with Gasteiger partial charge >= 0.3 is 11.9 Å². The topological polar surface area (TPSA) is 128 Å². The van der Waals surface area contributed by atoms with Crippen LogP contribution in [0.1, 0.15) is 162 Å². The predicted octanol–water partition coefficient (Wildman–Crippen LogP) is 10.5. The number of hydrogen-bond donors (Lipinski definition) is 0. The monoisotopic (exact) mass is 796 g/mol. The molecule has 55 heavy (non-hydrogen) atoms. The van der Waals surface area contributed by atoms with Crippen LogP contribution in [0.4, 0.5) is 0 Å². The molecule has 0 spiro atoms. The highest BCUT2D eigenvalue weighted by molar-refractivity contribution is 7.45. The van der Waals surface area contributed by atoms with Crippen molar-refractivity contribution in [2.75, 3.05) is 47.5 Å². The minimum absolute atomic E-state index is 0.0508. The van der Waals surface area contributed by atoms with Gasteiger partial charge in [-0.2, -0.15) is 0 Å². The molecular weight excluding hydrogens is 717 g/mol. The van der Waals surface area contributed by atoms with E-state index in [-0.39, 0.29) is 31.8 Å². The van der Waals surface area contributed by atoms with E-state index in [1.165, 1.54) is 25.7 Å². The molecule has 2 atom stereocenters. The summed E-state index contributed by atoms with van der Waals surface area (Å²) < 4.78 is 33.8. The van der Waals surface area contributed by atoms with Gasteiger partial charge in [-0.05, 0) is 70.3 Å². The molecule has 0 fully saturated rings. The van der Waals surface area contributed by atoms with Crippen LogP contribution in [0.25, 0.3) is 0 Å². The molecule has 0 aromatic carbocycles. The number of carbonyl (C=O) groups excluding carboxylic acids is 3. The number of hydrogen-bond acceptors (Lipinski definition) is 9. The van der Waals surface area contributed by atoms with E-state index in [9.17, 15) is 23.8 Å². The summed E-state index contributed by atoms with van der Waals surface area (Å²) in [7, 11) is 1.09. The minimum Gasteiger partial charge on any atom is -0.756 e. The van der Waals surface area contributed by atoms with Crippen molar-refractivity contribution in [3.05, 3.63) is 48.6 Å². The van der Waals surface area contributed by atoms with E-state index in [0.717, 1.165) is 89.9 Å². The number of allylic oxidation sites excluding steroid dienone is 8. The molecule has 0 radical (unpaired) electrons. The average Bonchev–Trinajstić information content (AvgIpc) is 3.12. The summed E-state index contributed by atoms with van der Waals surface area (Å²) in [5.41, 5.74) is 0. The maximum Gasteiger partial charge on any atom is 0.306 e. The van der Waals surface area contributed by atoms with Gasteiger partial charge in [0.15, 0.2) is 11.9 Å². The quantitative estimate of drug-likeness (QED) is 0.0114. The van der Waals surface area contributed by atoms with Crippen molar-refractivity contribution >= 4 is 25.5 Å². The number of phosphoric acid groups is 1. The fourth-order valence-corrected chi connectivity index (χ4v) is 6.10. The lowest BCUT2D eigenvalue weighted by molar-refractivity contribution is -0.870. The summed E-state index contributed by atoms with van der Waals surface area (Å²) in [6, 6.07) is 0. The Balaban J connectivity index is 4.48. The van der Waals surface area contributed by atoms with Crippen LogP contribution in [0, 0.1) is 0 Å². The van der Waals surface area contributed by atoms with Crippen LogP contribution < -0.4 is 4.89 Å². The number of carbonyl (C=O) groups is 3. The molecule has 0 N–H and O–H groups in total. The van der Waals surface area contributed by atoms with Crippen LogP contribution in [0.3, 0.4) is 0 Å². The lowest BCUT2D eigenvalue weighted by Gasteiger charge is -2.28. The van der Waals surface area contributed by atoms with Gasteiger partial charge in [0.1, 0.15) is 19.8 Å². The van der Waals surface area contributed by atoms with Gasteiger partial charge in [-0.3, -0.25) is 18.9 Å². The van der Waals surface area contributed by atoms with Gasteiger partial charge < -0.3 is 27.9 Å². The predicted molar refractivity (Wildman–Crippen MR) is 222 cm³/mol. The number of ether oxygens (including phenoxy) is 2. The van der Waals surface area contributed by atoms with Gasteiger partial charge in [0.05, 0.1) is 27.7 Å². The summed E-state index contributed by atoms with van der Waals surface area (Å²) in [6.07, 6.45) is 36.8. The molecule has 11 heteroatoms. The highest BCUT2D eigenvalue weighted by Crippen LogP contribution is 2.38. The Labute approximate surface area is 335 Å². The van der Waals surface area contributed by atoms with Crippen molar-refractivity contribution in [3.63, 3.8) is 0 Å². The molecule has 0 saturated carbocycles. The number of phosphoric ester groups is 1. The van der Waals surface area contributed by atoms with E-state index in [4.69, 9.17) is 18.5 Å². The zero-order valence-corrected chi connectivity index (χ0v) is 36.3. The minimum atomic E-state index is -4.65. The van der Waals surface area contributed by atoms with E-state index < -0.39 is 32.5 Å². The second kappa shape index (κ2) is 36.0. The molecule has 0 aliphatic carbocycles. The van der Waals surface area contributed by atoms with Crippen molar-refractivity contribution in [1.82, 2.24) is 0 Å². The molecule has 0 heterocycles. The lowest BCUT2D eigenvalue weighted by atomic mass is 10.1. The Kier molecular flexibility index (Phi) is 34.5. The number of rotatable bonds is 38. The standard InChI is InChI=1S/C44H78NO9P/c1-6-8-10-11-12-13-14-15-16-17-18-21-24-27-31-35-43(47)51-39-42(40-53-55(49,50)52-38-37-45(3,4)5)54-44(48)36-32-28-25-22-19-20-23-26-30-34-41(46)33-29-9-7-2/h12-13,15-16,23,26,30,34,42H,6-11,14,17-22,24-25,27-29,31-33,35-40H2,1-5H3/b13-12-,16-15-,26-23-,34-30+/t42-/m1/s1. The fourth-order valence-electron chi connectivity index (χ4n) is 5.37. The number of ketones is 1. The van der Waals surface area contributed by atoms with Gasteiger partial charge in [0.2, 0.25) is 0 Å². The summed E-state index contributed by atoms with van der Waals surface area (Å²) >= 11 is 0. The summed E-state index contributed by atoms with van der Waals surface area (Å²) in [6.45, 7) is 3.96. The molecule has 0 amide bonds. The normalized spacial score (nSPS) is 14.0. The third kappa shape index (κ3) is 39.7. The smallest absolute Gasteiger partial charge is 0.306 e. The van der Waals surface area contributed by atoms with Gasteiger partial charge in [-0.15, -0.1) is 0 Å². The highest BCUT2D eigenvalue weighted by Gasteiger charge is 2.21. The number of likely N-dealkylation sites (N-methyl/N-ethyl adjacent to an activating group) is 1. The van der Waals surface area contributed by atoms with E-state index >= 15 is 0 Å². The number of nitrogens with zero attached hydrogens (tertiary/aromatic N) is 1. The SMILES string of the molecule is CCCCC/C=C\C/C=C\CCCCCCCC(=O)OC[C@H](COP(=O)([O-])OCC[N+](C)(C)C)OC(=O)CCCCCCC/C=C\C=C\C(=O)CCCCC. The molecule has 0 aromatic rings. The molecule has 0 aliphatic rings. The first-order valence-corrected chi connectivity index (χ1v) is 22.8. The summed E-state index contributed by atoms with van der Waals surface area (Å²) in [5, 5.41) is 0. The van der Waals surface area contributed by atoms with Gasteiger partial charge in [-0.1, -0.05) is 121 Å². The molecule has 0 rings (SSSR count). The van der Waals surface area contributed by atoms with E-state index in [0.29, 0.717) is 30.3 Å². The zero-order chi connectivity index (χ0) is 40.9. The van der Waals surface area contributed by atoms with Crippen LogP contribution in [0.5, 0.6) is 0 Å². The molecular formula is C44H78NO9P. The number of unbranched alkanes of at least 4 members (excludes halogenated alkanes) is 15. The first kappa shape index (κ1) is 52.6. The Morgan fingerprint density at radius 2 is 1.15 bits per heavy atom. The molecule has 1 unspecified atom stereocenters. The van der Waals surface area contributed by atoms with Gasteiger partial charge in [-0.25, -0.2) is 0 Å². The van der Waals surface area contributed by atoms with Crippen LogP contribution in [-0.4, -0.2) is 75.8 Å². The van der Waals surface area contributed by atoms with Crippen LogP contribution in [0.2, 0.25) is 0 Å². The fraction of sp³-hybridized carbons (Fsp3) is 0.750. The van der Waals surface area contributed by atoms with Crippen molar-refractivity contribution in [2.45, 2.75) is 168 Å². The zero-order valence-electron chi connectivity index (χ0n) is 35.4. The Hall–Kier alpha value is -2.36. The first-order valence-electron chi connectivity index (χ1n) is 21.3. The Bertz CT molecular complexity index is 1140. The number of quaternary nitrogens is 1. The third-order valence-corrected chi connectivity index (χ3v) is 9.76. The number of esters is 2. The van der Waals surface area contributed by atoms with E-state index in [2.05, 4.69) is 44.2 Å². The van der Waals surface area contributed by atoms with Crippen LogP contribution >= 0.6 is 7.82 Å². The van der Waals surface area contributed by atoms with Crippen molar-refractivity contribution in [3.8, 4) is 0 Å². The van der Waals surface area contributed by atoms with Crippen LogP contribution in [-0.2, 0) is 37.5 Å². The summed E-state index contributed by atoms with van der Waals surface area (Å²) in [5.74, 6) is -0.744. The largest absolute Gasteiger partial charge is 0.756 e. The highest BCUT2D eigenvalue weighted by atomic mass is 31.2. The molecule has 0 aliphatic heterocycles. The second-order valence-electron chi connectivity index (χ2n) is 15.4. The van der Waals surface area contributed by atoms with Gasteiger partial charge in [0, 0.05) is 19.3 Å². The average molecular weight is 796 g/mol. The maximum atomic E-state index is 12.6. The van der Waals surface area contributed by atoms with Crippen LogP contribution in [0.15, 0.2) is 48.6 Å². The lowest BCUT2D eigenvalue weighted by Crippen LogP contribution is -2.37. The summed E-state index contributed by atoms with van der Waals surface area (Å²) in [4.78, 5) is 49.2. The Morgan fingerprint density at radius 3 is 1.76 bits per heavy atom. The molecule has 0 aromatic heterocycles. The van der Waals surface area contributed by atoms with Crippen molar-refractivity contribution in [2.24, 2.45) is 0 Å². The van der Waals surface area contributed by atoms with Gasteiger partial charge in [0.25, 0.3) is 7.82 Å². The van der Waals surface area contributed by atoms with Crippen molar-refractivity contribution < 1.29 is 46.8 Å². The third-order valence-electron chi connectivity index (χ3n) is 8.80. The second-order valence-corrected chi connectivity index (χ2v) is 16.8. The van der Waals surface area contributed by atoms with E-state index in [1.54, 1.807) is 6.08 Å². The molecule has 0 bridgehead atoms. The first-order chi connectivity index (χ1) is 26.4. The maximum absolute atomic E-state index is 12.6. The molecule has 0 saturated heterocycles. The van der Waals surface area contributed by atoms with Crippen molar-refractivity contribution in [1.29, 1.82) is 0 Å². The molecule has 318 valence electrons.